The molecule has 14 heavy (non-hydrogen) atoms. The van der Waals surface area contributed by atoms with Gasteiger partial charge in [-0.2, -0.15) is 0 Å². The average Bonchev–Trinajstić information content (AvgIpc) is 2.10. The Labute approximate surface area is 102 Å². The number of nitrogens with one attached hydrogen (secondary N) is 1. The van der Waals surface area contributed by atoms with Crippen LogP contribution in [0.3, 0.4) is 0 Å². The molecule has 1 aromatic carbocycles. The van der Waals surface area contributed by atoms with Crippen molar-refractivity contribution in [1.29, 1.82) is 5.41 Å². The molecule has 1 rings (SSSR count). The molecule has 78 valence electrons. The van der Waals surface area contributed by atoms with Gasteiger partial charge in [0, 0.05) is 9.13 Å². The monoisotopic (exact) mass is 329 g/mol. The number of ether oxygens (including phenoxy) is 1. The Hall–Kier alpha value is -0.360. The van der Waals surface area contributed by atoms with E-state index in [1.807, 2.05) is 22.6 Å². The van der Waals surface area contributed by atoms with Gasteiger partial charge in [0.1, 0.15) is 5.82 Å². The van der Waals surface area contributed by atoms with Gasteiger partial charge >= 0.3 is 0 Å². The fraction of sp³-hybridized carbons (Fsp3) is 0.222. The molecule has 0 heterocycles. The molecule has 0 saturated carbocycles. The lowest BCUT2D eigenvalue weighted by molar-refractivity contribution is 0.325. The first-order valence-electron chi connectivity index (χ1n) is 3.82. The second-order valence-electron chi connectivity index (χ2n) is 2.39. The summed E-state index contributed by atoms with van der Waals surface area (Å²) in [7, 11) is 0. The van der Waals surface area contributed by atoms with E-state index < -0.39 is 0 Å². The fourth-order valence-corrected chi connectivity index (χ4v) is 1.20. The second-order valence-corrected chi connectivity index (χ2v) is 3.55. The molecule has 0 saturated heterocycles. The Morgan fingerprint density at radius 1 is 1.57 bits per heavy atom. The molecule has 0 unspecified atom stereocenters. The molecule has 0 amide bonds. The summed E-state index contributed by atoms with van der Waals surface area (Å²) in [6.07, 6.45) is 0. The molecular weight excluding hydrogens is 319 g/mol. The predicted molar refractivity (Wildman–Crippen MR) is 64.8 cm³/mol. The highest BCUT2D eigenvalue weighted by molar-refractivity contribution is 14.1. The first kappa shape index (κ1) is 13.6. The van der Waals surface area contributed by atoms with Gasteiger partial charge in [0.15, 0.2) is 0 Å². The first-order valence-corrected chi connectivity index (χ1v) is 4.89. The molecule has 0 aliphatic carbocycles. The topological polar surface area (TPSA) is 33.1 Å². The van der Waals surface area contributed by atoms with E-state index in [1.54, 1.807) is 19.1 Å². The van der Waals surface area contributed by atoms with Crippen molar-refractivity contribution in [2.24, 2.45) is 0 Å². The maximum atomic E-state index is 13.0. The van der Waals surface area contributed by atoms with Gasteiger partial charge in [-0.15, -0.1) is 12.4 Å². The van der Waals surface area contributed by atoms with E-state index in [2.05, 4.69) is 0 Å². The number of benzene rings is 1. The third-order valence-corrected chi connectivity index (χ3v) is 2.35. The number of hydrogen-bond acceptors (Lipinski definition) is 2. The summed E-state index contributed by atoms with van der Waals surface area (Å²) in [4.78, 5) is 0. The van der Waals surface area contributed by atoms with Crippen molar-refractivity contribution < 1.29 is 9.13 Å². The lowest BCUT2D eigenvalue weighted by Crippen LogP contribution is -2.05. The van der Waals surface area contributed by atoms with Crippen LogP contribution in [0.2, 0.25) is 0 Å². The van der Waals surface area contributed by atoms with Crippen LogP contribution in [0.1, 0.15) is 12.5 Å². The minimum absolute atomic E-state index is 0. The summed E-state index contributed by atoms with van der Waals surface area (Å²) in [6.45, 7) is 2.21. The van der Waals surface area contributed by atoms with Crippen molar-refractivity contribution in [2.75, 3.05) is 6.61 Å². The van der Waals surface area contributed by atoms with Gasteiger partial charge in [0.2, 0.25) is 5.90 Å². The maximum Gasteiger partial charge on any atom is 0.213 e. The summed E-state index contributed by atoms with van der Waals surface area (Å²) in [5.74, 6) is -0.305. The molecule has 2 nitrogen and oxygen atoms in total. The standard InChI is InChI=1S/C9H9FINO.ClH/c1-2-13-9(12)6-3-4-8(11)7(10)5-6;/h3-5,12H,2H2,1H3;1H. The minimum Gasteiger partial charge on any atom is -0.478 e. The largest absolute Gasteiger partial charge is 0.478 e. The summed E-state index contributed by atoms with van der Waals surface area (Å²) >= 11 is 1.90. The van der Waals surface area contributed by atoms with Gasteiger partial charge in [-0.05, 0) is 47.7 Å². The molecule has 0 fully saturated rings. The zero-order chi connectivity index (χ0) is 9.84. The highest BCUT2D eigenvalue weighted by Crippen LogP contribution is 2.13. The van der Waals surface area contributed by atoms with Crippen molar-refractivity contribution in [2.45, 2.75) is 6.92 Å². The van der Waals surface area contributed by atoms with Gasteiger partial charge in [-0.25, -0.2) is 4.39 Å². The zero-order valence-electron chi connectivity index (χ0n) is 7.51. The van der Waals surface area contributed by atoms with Gasteiger partial charge in [-0.1, -0.05) is 0 Å². The minimum atomic E-state index is -0.317. The highest BCUT2D eigenvalue weighted by Gasteiger charge is 2.05. The van der Waals surface area contributed by atoms with Crippen LogP contribution in [-0.2, 0) is 4.74 Å². The predicted octanol–water partition coefficient (Wildman–Crippen LogP) is 3.21. The summed E-state index contributed by atoms with van der Waals surface area (Å²) in [5.41, 5.74) is 0.472. The van der Waals surface area contributed by atoms with Crippen molar-refractivity contribution in [3.8, 4) is 0 Å². The molecule has 0 spiro atoms. The normalized spacial score (nSPS) is 9.07. The second kappa shape index (κ2) is 6.19. The third kappa shape index (κ3) is 3.42. The van der Waals surface area contributed by atoms with Crippen LogP contribution in [0.5, 0.6) is 0 Å². The van der Waals surface area contributed by atoms with E-state index in [0.29, 0.717) is 15.7 Å². The Balaban J connectivity index is 0.00000169. The number of rotatable bonds is 2. The highest BCUT2D eigenvalue weighted by atomic mass is 127. The molecular formula is C9H10ClFINO. The molecule has 1 N–H and O–H groups in total. The van der Waals surface area contributed by atoms with Crippen LogP contribution in [0.25, 0.3) is 0 Å². The van der Waals surface area contributed by atoms with Crippen LogP contribution in [0.4, 0.5) is 4.39 Å². The van der Waals surface area contributed by atoms with Gasteiger partial charge < -0.3 is 4.74 Å². The molecule has 5 heteroatoms. The van der Waals surface area contributed by atoms with Gasteiger partial charge in [-0.3, -0.25) is 5.41 Å². The molecule has 0 atom stereocenters. The maximum absolute atomic E-state index is 13.0. The average molecular weight is 330 g/mol. The van der Waals surface area contributed by atoms with E-state index in [-0.39, 0.29) is 24.1 Å². The van der Waals surface area contributed by atoms with Crippen LogP contribution in [-0.4, -0.2) is 12.5 Å². The molecule has 0 aliphatic rings. The third-order valence-electron chi connectivity index (χ3n) is 1.47. The summed E-state index contributed by atoms with van der Waals surface area (Å²) < 4.78 is 18.5. The van der Waals surface area contributed by atoms with E-state index in [9.17, 15) is 4.39 Å². The van der Waals surface area contributed by atoms with Crippen LogP contribution in [0, 0.1) is 14.8 Å². The van der Waals surface area contributed by atoms with Crippen LogP contribution < -0.4 is 0 Å². The van der Waals surface area contributed by atoms with Crippen molar-refractivity contribution in [3.63, 3.8) is 0 Å². The smallest absolute Gasteiger partial charge is 0.213 e. The van der Waals surface area contributed by atoms with E-state index in [0.717, 1.165) is 0 Å². The molecule has 1 aromatic rings. The van der Waals surface area contributed by atoms with Crippen molar-refractivity contribution >= 4 is 40.9 Å². The number of halogens is 3. The summed E-state index contributed by atoms with van der Waals surface area (Å²) in [5, 5.41) is 7.41. The summed E-state index contributed by atoms with van der Waals surface area (Å²) in [6, 6.07) is 4.60. The zero-order valence-corrected chi connectivity index (χ0v) is 10.5. The first-order chi connectivity index (χ1) is 6.15. The van der Waals surface area contributed by atoms with E-state index in [4.69, 9.17) is 10.1 Å². The quantitative estimate of drug-likeness (QED) is 0.504. The van der Waals surface area contributed by atoms with Gasteiger partial charge in [0.25, 0.3) is 0 Å². The fourth-order valence-electron chi connectivity index (χ4n) is 0.865. The molecule has 0 bridgehead atoms. The van der Waals surface area contributed by atoms with Crippen LogP contribution in [0.15, 0.2) is 18.2 Å². The lowest BCUT2D eigenvalue weighted by atomic mass is 10.2. The van der Waals surface area contributed by atoms with Crippen LogP contribution >= 0.6 is 35.0 Å². The Bertz CT molecular complexity index is 333. The van der Waals surface area contributed by atoms with E-state index >= 15 is 0 Å². The molecule has 0 radical (unpaired) electrons. The van der Waals surface area contributed by atoms with Crippen molar-refractivity contribution in [1.82, 2.24) is 0 Å². The lowest BCUT2D eigenvalue weighted by Gasteiger charge is -2.04. The van der Waals surface area contributed by atoms with Gasteiger partial charge in [0.05, 0.1) is 6.61 Å². The SMILES string of the molecule is CCOC(=N)c1ccc(I)c(F)c1.Cl. The Morgan fingerprint density at radius 2 is 2.21 bits per heavy atom. The van der Waals surface area contributed by atoms with E-state index in [1.165, 1.54) is 6.07 Å². The van der Waals surface area contributed by atoms with Crippen molar-refractivity contribution in [3.05, 3.63) is 33.1 Å². The molecule has 0 aromatic heterocycles. The number of hydrogen-bond donors (Lipinski definition) is 1. The Morgan fingerprint density at radius 3 is 2.71 bits per heavy atom. The molecule has 0 aliphatic heterocycles. The Kier molecular flexibility index (Phi) is 6.03.